The van der Waals surface area contributed by atoms with Crippen molar-refractivity contribution >= 4 is 11.6 Å². The molecule has 0 radical (unpaired) electrons. The lowest BCUT2D eigenvalue weighted by Crippen LogP contribution is -2.33. The average molecular weight is 407 g/mol. The molecule has 1 unspecified atom stereocenters. The number of nitrogens with one attached hydrogen (secondary N) is 1. The Morgan fingerprint density at radius 1 is 1.24 bits per heavy atom. The maximum absolute atomic E-state index is 13.0. The molecule has 0 saturated heterocycles. The number of carbonyl (C=O) groups excluding carboxylic acids is 1. The van der Waals surface area contributed by atoms with E-state index in [0.717, 1.165) is 22.9 Å². The fourth-order valence-electron chi connectivity index (χ4n) is 2.55. The van der Waals surface area contributed by atoms with Gasteiger partial charge in [-0.3, -0.25) is 9.59 Å². The van der Waals surface area contributed by atoms with Crippen molar-refractivity contribution in [1.82, 2.24) is 19.6 Å². The molecule has 2 aromatic heterocycles. The third-order valence-electron chi connectivity index (χ3n) is 4.08. The molecule has 0 spiro atoms. The van der Waals surface area contributed by atoms with Gasteiger partial charge in [-0.15, -0.1) is 5.10 Å². The van der Waals surface area contributed by atoms with E-state index in [2.05, 4.69) is 15.5 Å². The van der Waals surface area contributed by atoms with E-state index in [4.69, 9.17) is 4.74 Å². The summed E-state index contributed by atoms with van der Waals surface area (Å²) in [6.45, 7) is 1.40. The van der Waals surface area contributed by atoms with Gasteiger partial charge >= 0.3 is 6.18 Å². The first kappa shape index (κ1) is 20.1. The molecule has 11 heteroatoms. The normalized spacial score (nSPS) is 12.4. The van der Waals surface area contributed by atoms with Crippen molar-refractivity contribution in [3.8, 4) is 11.6 Å². The van der Waals surface area contributed by atoms with Crippen LogP contribution in [0.15, 0.2) is 53.6 Å². The predicted octanol–water partition coefficient (Wildman–Crippen LogP) is 2.66. The standard InChI is InChI=1S/C18H16F3N5O3/c1-11(26-16(27)7-6-15(24-26)25-9-3-8-22-25)17(28)23-13-10-12(18(19,20)21)4-5-14(13)29-2/h3-11H,1-2H3,(H,23,28). The van der Waals surface area contributed by atoms with Crippen LogP contribution in [0.5, 0.6) is 5.75 Å². The van der Waals surface area contributed by atoms with Crippen molar-refractivity contribution in [2.75, 3.05) is 12.4 Å². The lowest BCUT2D eigenvalue weighted by Gasteiger charge is -2.17. The van der Waals surface area contributed by atoms with E-state index < -0.39 is 29.2 Å². The monoisotopic (exact) mass is 407 g/mol. The molecular weight excluding hydrogens is 391 g/mol. The topological polar surface area (TPSA) is 91.0 Å². The third-order valence-corrected chi connectivity index (χ3v) is 4.08. The Morgan fingerprint density at radius 3 is 2.62 bits per heavy atom. The summed E-state index contributed by atoms with van der Waals surface area (Å²) in [7, 11) is 1.27. The first-order valence-corrected chi connectivity index (χ1v) is 8.36. The van der Waals surface area contributed by atoms with E-state index >= 15 is 0 Å². The number of ether oxygens (including phenoxy) is 1. The number of aromatic nitrogens is 4. The first-order chi connectivity index (χ1) is 13.7. The number of anilines is 1. The average Bonchev–Trinajstić information content (AvgIpc) is 3.21. The van der Waals surface area contributed by atoms with Crippen molar-refractivity contribution in [1.29, 1.82) is 0 Å². The second kappa shape index (κ2) is 7.78. The molecule has 0 aliphatic heterocycles. The number of carbonyl (C=O) groups is 1. The van der Waals surface area contributed by atoms with Gasteiger partial charge < -0.3 is 10.1 Å². The van der Waals surface area contributed by atoms with Crippen LogP contribution >= 0.6 is 0 Å². The van der Waals surface area contributed by atoms with Gasteiger partial charge in [-0.25, -0.2) is 9.36 Å². The van der Waals surface area contributed by atoms with Crippen molar-refractivity contribution < 1.29 is 22.7 Å². The van der Waals surface area contributed by atoms with Gasteiger partial charge in [0.15, 0.2) is 5.82 Å². The number of hydrogen-bond acceptors (Lipinski definition) is 5. The maximum atomic E-state index is 13.0. The van der Waals surface area contributed by atoms with Gasteiger partial charge in [0, 0.05) is 18.5 Å². The molecule has 1 aromatic carbocycles. The van der Waals surface area contributed by atoms with E-state index in [-0.39, 0.29) is 11.4 Å². The number of nitrogens with zero attached hydrogens (tertiary/aromatic N) is 4. The molecule has 0 fully saturated rings. The molecule has 0 aliphatic carbocycles. The highest BCUT2D eigenvalue weighted by Gasteiger charge is 2.31. The molecule has 0 saturated carbocycles. The molecule has 1 atom stereocenters. The quantitative estimate of drug-likeness (QED) is 0.702. The van der Waals surface area contributed by atoms with E-state index in [0.29, 0.717) is 5.82 Å². The predicted molar refractivity (Wildman–Crippen MR) is 97.0 cm³/mol. The summed E-state index contributed by atoms with van der Waals surface area (Å²) in [5, 5.41) is 10.5. The summed E-state index contributed by atoms with van der Waals surface area (Å²) in [4.78, 5) is 24.8. The molecule has 152 valence electrons. The van der Waals surface area contributed by atoms with Crippen LogP contribution in [-0.4, -0.2) is 32.6 Å². The highest BCUT2D eigenvalue weighted by atomic mass is 19.4. The van der Waals surface area contributed by atoms with Crippen LogP contribution in [0, 0.1) is 0 Å². The van der Waals surface area contributed by atoms with Crippen molar-refractivity contribution in [2.24, 2.45) is 0 Å². The number of rotatable bonds is 5. The van der Waals surface area contributed by atoms with Crippen molar-refractivity contribution in [2.45, 2.75) is 19.1 Å². The van der Waals surface area contributed by atoms with Gasteiger partial charge in [-0.2, -0.15) is 18.3 Å². The second-order valence-electron chi connectivity index (χ2n) is 6.00. The van der Waals surface area contributed by atoms with E-state index in [1.807, 2.05) is 0 Å². The highest BCUT2D eigenvalue weighted by molar-refractivity contribution is 5.94. The number of benzene rings is 1. The summed E-state index contributed by atoms with van der Waals surface area (Å²) in [5.74, 6) is -0.398. The van der Waals surface area contributed by atoms with Gasteiger partial charge in [-0.1, -0.05) is 0 Å². The number of halogens is 3. The molecule has 0 aliphatic rings. The molecule has 0 bridgehead atoms. The molecule has 3 rings (SSSR count). The summed E-state index contributed by atoms with van der Waals surface area (Å²) in [5.41, 5.74) is -1.67. The Hall–Kier alpha value is -3.63. The Balaban J connectivity index is 1.90. The van der Waals surface area contributed by atoms with Gasteiger partial charge in [0.05, 0.1) is 18.4 Å². The number of hydrogen-bond donors (Lipinski definition) is 1. The lowest BCUT2D eigenvalue weighted by atomic mass is 10.1. The van der Waals surface area contributed by atoms with E-state index in [1.165, 1.54) is 37.0 Å². The molecule has 3 aromatic rings. The Morgan fingerprint density at radius 2 is 2.00 bits per heavy atom. The lowest BCUT2D eigenvalue weighted by molar-refractivity contribution is -0.137. The number of amides is 1. The zero-order valence-corrected chi connectivity index (χ0v) is 15.3. The summed E-state index contributed by atoms with van der Waals surface area (Å²) >= 11 is 0. The van der Waals surface area contributed by atoms with Gasteiger partial charge in [0.25, 0.3) is 5.56 Å². The minimum atomic E-state index is -4.59. The maximum Gasteiger partial charge on any atom is 0.416 e. The molecule has 2 heterocycles. The van der Waals surface area contributed by atoms with Gasteiger partial charge in [0.2, 0.25) is 5.91 Å². The fraction of sp³-hybridized carbons (Fsp3) is 0.222. The van der Waals surface area contributed by atoms with E-state index in [1.54, 1.807) is 12.3 Å². The molecule has 29 heavy (non-hydrogen) atoms. The second-order valence-corrected chi connectivity index (χ2v) is 6.00. The minimum absolute atomic E-state index is 0.0455. The fourth-order valence-corrected chi connectivity index (χ4v) is 2.55. The van der Waals surface area contributed by atoms with E-state index in [9.17, 15) is 22.8 Å². The molecule has 1 amide bonds. The largest absolute Gasteiger partial charge is 0.495 e. The number of methoxy groups -OCH3 is 1. The van der Waals surface area contributed by atoms with Crippen LogP contribution in [0.3, 0.4) is 0 Å². The summed E-state index contributed by atoms with van der Waals surface area (Å²) in [6, 6.07) is 5.92. The van der Waals surface area contributed by atoms with Crippen molar-refractivity contribution in [3.63, 3.8) is 0 Å². The molecule has 8 nitrogen and oxygen atoms in total. The minimum Gasteiger partial charge on any atom is -0.495 e. The van der Waals surface area contributed by atoms with Crippen LogP contribution < -0.4 is 15.6 Å². The Labute approximate surface area is 162 Å². The van der Waals surface area contributed by atoms with Crippen LogP contribution in [0.1, 0.15) is 18.5 Å². The molecular formula is C18H16F3N5O3. The highest BCUT2D eigenvalue weighted by Crippen LogP contribution is 2.35. The van der Waals surface area contributed by atoms with Gasteiger partial charge in [0.1, 0.15) is 11.8 Å². The Bertz CT molecular complexity index is 1080. The van der Waals surface area contributed by atoms with Crippen LogP contribution in [0.2, 0.25) is 0 Å². The third kappa shape index (κ3) is 4.28. The van der Waals surface area contributed by atoms with Crippen LogP contribution in [0.4, 0.5) is 18.9 Å². The molecule has 1 N–H and O–H groups in total. The zero-order valence-electron chi connectivity index (χ0n) is 15.3. The first-order valence-electron chi connectivity index (χ1n) is 8.36. The van der Waals surface area contributed by atoms with Crippen molar-refractivity contribution in [3.05, 3.63) is 64.7 Å². The SMILES string of the molecule is COc1ccc(C(F)(F)F)cc1NC(=O)C(C)n1nc(-n2cccn2)ccc1=O. The van der Waals surface area contributed by atoms with Crippen LogP contribution in [0.25, 0.3) is 5.82 Å². The smallest absolute Gasteiger partial charge is 0.416 e. The van der Waals surface area contributed by atoms with Crippen LogP contribution in [-0.2, 0) is 11.0 Å². The summed E-state index contributed by atoms with van der Waals surface area (Å²) in [6.07, 6.45) is -1.46. The summed E-state index contributed by atoms with van der Waals surface area (Å²) < 4.78 is 46.3. The van der Waals surface area contributed by atoms with Gasteiger partial charge in [-0.05, 0) is 37.3 Å². The zero-order chi connectivity index (χ0) is 21.2. The number of alkyl halides is 3. The Kier molecular flexibility index (Phi) is 5.39.